The van der Waals surface area contributed by atoms with Crippen LogP contribution in [0, 0.1) is 0 Å². The first-order chi connectivity index (χ1) is 8.93. The predicted molar refractivity (Wildman–Crippen MR) is 74.9 cm³/mol. The molecule has 0 radical (unpaired) electrons. The third-order valence-corrected chi connectivity index (χ3v) is 3.06. The molecule has 2 aliphatic rings. The van der Waals surface area contributed by atoms with E-state index in [1.54, 1.807) is 0 Å². The van der Waals surface area contributed by atoms with Crippen LogP contribution in [0.4, 0.5) is 0 Å². The Labute approximate surface area is 107 Å². The monoisotopic (exact) mass is 237 g/mol. The summed E-state index contributed by atoms with van der Waals surface area (Å²) >= 11 is 0. The van der Waals surface area contributed by atoms with Crippen molar-refractivity contribution in [2.24, 2.45) is 9.98 Å². The third kappa shape index (κ3) is 2.25. The molecule has 1 aliphatic heterocycles. The number of nitrogens with zero attached hydrogens (tertiary/aromatic N) is 2. The molecule has 3 nitrogen and oxygen atoms in total. The van der Waals surface area contributed by atoms with E-state index in [0.29, 0.717) is 6.67 Å². The largest absolute Gasteiger partial charge is 0.325 e. The quantitative estimate of drug-likeness (QED) is 0.843. The summed E-state index contributed by atoms with van der Waals surface area (Å²) in [7, 11) is 0. The van der Waals surface area contributed by atoms with Gasteiger partial charge in [-0.05, 0) is 18.4 Å². The van der Waals surface area contributed by atoms with Gasteiger partial charge in [-0.2, -0.15) is 0 Å². The molecule has 1 aromatic carbocycles. The summed E-state index contributed by atoms with van der Waals surface area (Å²) in [6.07, 6.45) is 8.54. The molecule has 0 bridgehead atoms. The van der Waals surface area contributed by atoms with E-state index in [2.05, 4.69) is 45.7 Å². The van der Waals surface area contributed by atoms with E-state index in [1.807, 2.05) is 18.2 Å². The third-order valence-electron chi connectivity index (χ3n) is 3.06. The van der Waals surface area contributed by atoms with Crippen molar-refractivity contribution in [3.8, 4) is 0 Å². The van der Waals surface area contributed by atoms with Crippen LogP contribution in [0.5, 0.6) is 0 Å². The molecule has 0 fully saturated rings. The lowest BCUT2D eigenvalue weighted by atomic mass is 10.0. The number of rotatable bonds is 2. The normalized spacial score (nSPS) is 18.6. The lowest BCUT2D eigenvalue weighted by molar-refractivity contribution is 0.953. The molecule has 0 saturated carbocycles. The molecular weight excluding hydrogens is 222 g/mol. The van der Waals surface area contributed by atoms with Gasteiger partial charge in [0.1, 0.15) is 18.3 Å². The zero-order valence-electron chi connectivity index (χ0n) is 10.1. The summed E-state index contributed by atoms with van der Waals surface area (Å²) in [4.78, 5) is 8.86. The van der Waals surface area contributed by atoms with Gasteiger partial charge >= 0.3 is 0 Å². The average Bonchev–Trinajstić information content (AvgIpc) is 2.49. The van der Waals surface area contributed by atoms with Gasteiger partial charge in [0, 0.05) is 5.56 Å². The van der Waals surface area contributed by atoms with Crippen LogP contribution in [0.3, 0.4) is 0 Å². The van der Waals surface area contributed by atoms with Crippen LogP contribution in [0.2, 0.25) is 0 Å². The van der Waals surface area contributed by atoms with Gasteiger partial charge in [0.05, 0.1) is 0 Å². The topological polar surface area (TPSA) is 36.8 Å². The Balaban J connectivity index is 1.80. The first-order valence-electron chi connectivity index (χ1n) is 6.21. The lowest BCUT2D eigenvalue weighted by Gasteiger charge is -2.19. The SMILES string of the molecule is C1=CCCC(C2=NCN=C(c3ccccc3)N2)=C1. The molecule has 1 heterocycles. The Morgan fingerprint density at radius 1 is 1.00 bits per heavy atom. The summed E-state index contributed by atoms with van der Waals surface area (Å²) in [5.74, 6) is 1.88. The Morgan fingerprint density at radius 2 is 1.83 bits per heavy atom. The van der Waals surface area contributed by atoms with Gasteiger partial charge in [-0.15, -0.1) is 0 Å². The number of amidine groups is 2. The minimum atomic E-state index is 0.508. The molecular formula is C15H15N3. The fourth-order valence-electron chi connectivity index (χ4n) is 2.11. The molecule has 1 N–H and O–H groups in total. The van der Waals surface area contributed by atoms with E-state index in [1.165, 1.54) is 5.57 Å². The average molecular weight is 237 g/mol. The Kier molecular flexibility index (Phi) is 3.05. The van der Waals surface area contributed by atoms with Crippen LogP contribution < -0.4 is 5.32 Å². The predicted octanol–water partition coefficient (Wildman–Crippen LogP) is 2.67. The van der Waals surface area contributed by atoms with Gasteiger partial charge in [-0.3, -0.25) is 0 Å². The molecule has 3 heteroatoms. The maximum atomic E-state index is 4.44. The number of hydrogen-bond donors (Lipinski definition) is 1. The first kappa shape index (κ1) is 11.0. The molecule has 18 heavy (non-hydrogen) atoms. The molecule has 3 rings (SSSR count). The van der Waals surface area contributed by atoms with Gasteiger partial charge in [0.15, 0.2) is 0 Å². The summed E-state index contributed by atoms with van der Waals surface area (Å²) < 4.78 is 0. The van der Waals surface area contributed by atoms with Crippen molar-refractivity contribution in [3.05, 3.63) is 59.7 Å². The van der Waals surface area contributed by atoms with E-state index in [-0.39, 0.29) is 0 Å². The number of allylic oxidation sites excluding steroid dienone is 3. The summed E-state index contributed by atoms with van der Waals surface area (Å²) in [6.45, 7) is 0.508. The van der Waals surface area contributed by atoms with Gasteiger partial charge < -0.3 is 5.32 Å². The highest BCUT2D eigenvalue weighted by Gasteiger charge is 2.14. The van der Waals surface area contributed by atoms with Crippen molar-refractivity contribution in [2.45, 2.75) is 12.8 Å². The summed E-state index contributed by atoms with van der Waals surface area (Å²) in [5, 5.41) is 3.34. The molecule has 0 atom stereocenters. The van der Waals surface area contributed by atoms with Crippen molar-refractivity contribution in [2.75, 3.05) is 6.67 Å². The summed E-state index contributed by atoms with van der Waals surface area (Å²) in [6, 6.07) is 10.2. The van der Waals surface area contributed by atoms with E-state index in [9.17, 15) is 0 Å². The molecule has 0 aromatic heterocycles. The van der Waals surface area contributed by atoms with Crippen LogP contribution in [-0.4, -0.2) is 18.3 Å². The molecule has 0 amide bonds. The highest BCUT2D eigenvalue weighted by Crippen LogP contribution is 2.14. The number of hydrogen-bond acceptors (Lipinski definition) is 3. The lowest BCUT2D eigenvalue weighted by Crippen LogP contribution is -2.35. The first-order valence-corrected chi connectivity index (χ1v) is 6.21. The highest BCUT2D eigenvalue weighted by molar-refractivity contribution is 6.15. The van der Waals surface area contributed by atoms with Crippen LogP contribution in [-0.2, 0) is 0 Å². The van der Waals surface area contributed by atoms with E-state index in [0.717, 1.165) is 30.1 Å². The molecule has 1 aliphatic carbocycles. The minimum absolute atomic E-state index is 0.508. The second-order valence-electron chi connectivity index (χ2n) is 4.30. The fourth-order valence-corrected chi connectivity index (χ4v) is 2.11. The zero-order valence-corrected chi connectivity index (χ0v) is 10.1. The van der Waals surface area contributed by atoms with Crippen LogP contribution in [0.1, 0.15) is 18.4 Å². The molecule has 0 saturated heterocycles. The second-order valence-corrected chi connectivity index (χ2v) is 4.30. The summed E-state index contributed by atoms with van der Waals surface area (Å²) in [5.41, 5.74) is 2.37. The molecule has 0 unspecified atom stereocenters. The van der Waals surface area contributed by atoms with Crippen molar-refractivity contribution in [1.82, 2.24) is 5.32 Å². The van der Waals surface area contributed by atoms with Crippen molar-refractivity contribution >= 4 is 11.7 Å². The smallest absolute Gasteiger partial charge is 0.135 e. The van der Waals surface area contributed by atoms with Gasteiger partial charge in [-0.25, -0.2) is 9.98 Å². The van der Waals surface area contributed by atoms with Crippen molar-refractivity contribution in [1.29, 1.82) is 0 Å². The standard InChI is InChI=1S/C15H15N3/c1-3-7-12(8-4-1)14-16-11-17-15(18-14)13-9-5-2-6-10-13/h1-5,7-9H,6,10-11H2,(H,16,17,18). The van der Waals surface area contributed by atoms with Crippen LogP contribution in [0.25, 0.3) is 0 Å². The van der Waals surface area contributed by atoms with Crippen molar-refractivity contribution < 1.29 is 0 Å². The van der Waals surface area contributed by atoms with Gasteiger partial charge in [-0.1, -0.05) is 48.6 Å². The highest BCUT2D eigenvalue weighted by atomic mass is 15.2. The fraction of sp³-hybridized carbons (Fsp3) is 0.200. The minimum Gasteiger partial charge on any atom is -0.325 e. The van der Waals surface area contributed by atoms with Gasteiger partial charge in [0.25, 0.3) is 0 Å². The zero-order chi connectivity index (χ0) is 12.2. The van der Waals surface area contributed by atoms with Gasteiger partial charge in [0.2, 0.25) is 0 Å². The number of benzene rings is 1. The number of nitrogens with one attached hydrogen (secondary N) is 1. The van der Waals surface area contributed by atoms with Crippen LogP contribution >= 0.6 is 0 Å². The Morgan fingerprint density at radius 3 is 2.61 bits per heavy atom. The number of aliphatic imine (C=N–C) groups is 2. The Bertz CT molecular complexity index is 550. The molecule has 1 aromatic rings. The van der Waals surface area contributed by atoms with E-state index in [4.69, 9.17) is 0 Å². The second kappa shape index (κ2) is 5.00. The molecule has 0 spiro atoms. The maximum Gasteiger partial charge on any atom is 0.135 e. The van der Waals surface area contributed by atoms with E-state index >= 15 is 0 Å². The van der Waals surface area contributed by atoms with Crippen molar-refractivity contribution in [3.63, 3.8) is 0 Å². The van der Waals surface area contributed by atoms with Crippen LogP contribution in [0.15, 0.2) is 64.1 Å². The van der Waals surface area contributed by atoms with E-state index < -0.39 is 0 Å². The molecule has 90 valence electrons. The maximum absolute atomic E-state index is 4.44. The Hall–Kier alpha value is -2.16.